The van der Waals surface area contributed by atoms with Gasteiger partial charge in [0.05, 0.1) is 16.1 Å². The first-order chi connectivity index (χ1) is 20.9. The predicted octanol–water partition coefficient (Wildman–Crippen LogP) is 7.07. The van der Waals surface area contributed by atoms with E-state index in [1.54, 1.807) is 29.3 Å². The molecule has 0 aromatic heterocycles. The zero-order valence-electron chi connectivity index (χ0n) is 23.9. The van der Waals surface area contributed by atoms with Crippen LogP contribution in [0.3, 0.4) is 0 Å². The Morgan fingerprint density at radius 1 is 0.860 bits per heavy atom. The number of non-ortho nitro benzene ring substituents is 1. The molecule has 0 atom stereocenters. The van der Waals surface area contributed by atoms with E-state index in [2.05, 4.69) is 48.5 Å². The van der Waals surface area contributed by atoms with Gasteiger partial charge in [-0.2, -0.15) is 4.31 Å². The molecular weight excluding hydrogens is 564 g/mol. The number of allylic oxidation sites excluding steroid dienone is 1. The van der Waals surface area contributed by atoms with Crippen molar-refractivity contribution in [3.8, 4) is 5.75 Å². The molecule has 43 heavy (non-hydrogen) atoms. The highest BCUT2D eigenvalue weighted by Gasteiger charge is 2.31. The topological polar surface area (TPSA) is 99.0 Å². The molecule has 4 aromatic rings. The largest absolute Gasteiger partial charge is 0.497 e. The van der Waals surface area contributed by atoms with Crippen molar-refractivity contribution in [1.82, 2.24) is 4.31 Å². The average Bonchev–Trinajstić information content (AvgIpc) is 3.05. The predicted molar refractivity (Wildman–Crippen MR) is 169 cm³/mol. The van der Waals surface area contributed by atoms with Gasteiger partial charge in [0.15, 0.2) is 0 Å². The second kappa shape index (κ2) is 12.6. The van der Waals surface area contributed by atoms with E-state index in [1.807, 2.05) is 0 Å². The standard InChI is InChI=1S/C18H16.C16H18N2O6S/c1-3-7-15-13(5-1)9-11-18-16-8-4-2-6-14(16)10-12-17(15)18;19-18(20)13-1-3-14(4-2-13)24-15-5-9-17(10-6-15)25(21,22)16-7-11-23-12-8-16/h1,3,5,7,9-12H,2,4,6,8H2;1-4,7-8,11,15H,5-6,9-10,12H2. The number of nitrogens with zero attached hydrogens (tertiary/aromatic N) is 2. The smallest absolute Gasteiger partial charge is 0.269 e. The summed E-state index contributed by atoms with van der Waals surface area (Å²) in [5, 5.41) is 16.3. The molecule has 0 amide bonds. The number of benzene rings is 4. The number of aryl methyl sites for hydroxylation is 2. The Morgan fingerprint density at radius 2 is 1.60 bits per heavy atom. The molecule has 1 fully saturated rings. The normalized spacial score (nSPS) is 17.3. The van der Waals surface area contributed by atoms with Crippen LogP contribution in [-0.4, -0.2) is 43.4 Å². The molecule has 4 aromatic carbocycles. The van der Waals surface area contributed by atoms with Gasteiger partial charge < -0.3 is 9.47 Å². The Hall–Kier alpha value is -4.21. The summed E-state index contributed by atoms with van der Waals surface area (Å²) < 4.78 is 37.3. The van der Waals surface area contributed by atoms with E-state index in [0.717, 1.165) is 0 Å². The second-order valence-electron chi connectivity index (χ2n) is 11.0. The lowest BCUT2D eigenvalue weighted by Crippen LogP contribution is -2.42. The highest BCUT2D eigenvalue weighted by Crippen LogP contribution is 2.33. The Kier molecular flexibility index (Phi) is 8.44. The van der Waals surface area contributed by atoms with Crippen LogP contribution < -0.4 is 4.74 Å². The number of hydrogen-bond donors (Lipinski definition) is 0. The van der Waals surface area contributed by atoms with E-state index >= 15 is 0 Å². The summed E-state index contributed by atoms with van der Waals surface area (Å²) in [5.41, 5.74) is 3.18. The summed E-state index contributed by atoms with van der Waals surface area (Å²) in [6.45, 7) is 0.989. The van der Waals surface area contributed by atoms with Gasteiger partial charge >= 0.3 is 0 Å². The van der Waals surface area contributed by atoms with E-state index in [1.165, 1.54) is 76.0 Å². The minimum absolute atomic E-state index is 0.00561. The third kappa shape index (κ3) is 6.28. The van der Waals surface area contributed by atoms with Crippen molar-refractivity contribution in [2.75, 3.05) is 19.7 Å². The van der Waals surface area contributed by atoms with Crippen LogP contribution in [0.25, 0.3) is 21.5 Å². The van der Waals surface area contributed by atoms with E-state index in [4.69, 9.17) is 9.47 Å². The number of fused-ring (bicyclic) bond motifs is 5. The molecule has 0 unspecified atom stereocenters. The fraction of sp³-hybridized carbons (Fsp3) is 0.294. The molecule has 1 aliphatic carbocycles. The number of rotatable bonds is 5. The minimum atomic E-state index is -3.50. The zero-order chi connectivity index (χ0) is 29.8. The number of piperidine rings is 1. The van der Waals surface area contributed by atoms with E-state index in [-0.39, 0.29) is 23.3 Å². The van der Waals surface area contributed by atoms with Gasteiger partial charge in [-0.3, -0.25) is 10.1 Å². The van der Waals surface area contributed by atoms with E-state index in [0.29, 0.717) is 31.7 Å². The Balaban J connectivity index is 0.000000160. The van der Waals surface area contributed by atoms with Crippen LogP contribution >= 0.6 is 0 Å². The van der Waals surface area contributed by atoms with Crippen LogP contribution in [0.2, 0.25) is 0 Å². The Labute approximate surface area is 251 Å². The van der Waals surface area contributed by atoms with Gasteiger partial charge in [-0.1, -0.05) is 48.5 Å². The number of hydrogen-bond acceptors (Lipinski definition) is 6. The first-order valence-electron chi connectivity index (χ1n) is 14.7. The van der Waals surface area contributed by atoms with Crippen molar-refractivity contribution in [1.29, 1.82) is 0 Å². The first-order valence-corrected chi connectivity index (χ1v) is 16.2. The molecule has 0 spiro atoms. The molecule has 0 N–H and O–H groups in total. The second-order valence-corrected chi connectivity index (χ2v) is 12.9. The Morgan fingerprint density at radius 3 is 2.35 bits per heavy atom. The summed E-state index contributed by atoms with van der Waals surface area (Å²) in [6.07, 6.45) is 10.6. The molecule has 8 nitrogen and oxygen atoms in total. The van der Waals surface area contributed by atoms with E-state index < -0.39 is 14.9 Å². The summed E-state index contributed by atoms with van der Waals surface area (Å²) >= 11 is 0. The molecule has 0 radical (unpaired) electrons. The molecule has 222 valence electrons. The van der Waals surface area contributed by atoms with Gasteiger partial charge in [0.2, 0.25) is 10.0 Å². The fourth-order valence-corrected chi connectivity index (χ4v) is 7.58. The summed E-state index contributed by atoms with van der Waals surface area (Å²) in [7, 11) is -3.50. The van der Waals surface area contributed by atoms with Gasteiger partial charge in [0, 0.05) is 25.2 Å². The van der Waals surface area contributed by atoms with Gasteiger partial charge in [0.25, 0.3) is 5.69 Å². The van der Waals surface area contributed by atoms with Gasteiger partial charge in [-0.25, -0.2) is 8.42 Å². The lowest BCUT2D eigenvalue weighted by molar-refractivity contribution is -0.384. The molecular formula is C34H34N2O6S. The van der Waals surface area contributed by atoms with Crippen LogP contribution in [0.4, 0.5) is 5.69 Å². The van der Waals surface area contributed by atoms with Crippen LogP contribution in [0, 0.1) is 10.1 Å². The molecule has 0 bridgehead atoms. The average molecular weight is 599 g/mol. The van der Waals surface area contributed by atoms with Crippen molar-refractivity contribution in [3.63, 3.8) is 0 Å². The molecule has 7 rings (SSSR count). The van der Waals surface area contributed by atoms with Gasteiger partial charge in [-0.05, 0) is 95.5 Å². The van der Waals surface area contributed by atoms with Gasteiger partial charge in [-0.15, -0.1) is 0 Å². The monoisotopic (exact) mass is 598 g/mol. The quantitative estimate of drug-likeness (QED) is 0.138. The van der Waals surface area contributed by atoms with E-state index in [9.17, 15) is 18.5 Å². The van der Waals surface area contributed by atoms with Gasteiger partial charge in [0.1, 0.15) is 18.5 Å². The van der Waals surface area contributed by atoms with Crippen molar-refractivity contribution < 1.29 is 22.8 Å². The van der Waals surface area contributed by atoms with Crippen molar-refractivity contribution in [2.24, 2.45) is 0 Å². The molecule has 0 saturated carbocycles. The molecule has 9 heteroatoms. The van der Waals surface area contributed by atoms with Crippen molar-refractivity contribution in [2.45, 2.75) is 44.6 Å². The first kappa shape index (κ1) is 28.9. The number of nitro groups is 1. The molecule has 2 heterocycles. The summed E-state index contributed by atoms with van der Waals surface area (Å²) in [4.78, 5) is 10.4. The zero-order valence-corrected chi connectivity index (χ0v) is 24.7. The third-order valence-corrected chi connectivity index (χ3v) is 10.3. The summed E-state index contributed by atoms with van der Waals surface area (Å²) in [6, 6.07) is 23.9. The van der Waals surface area contributed by atoms with Crippen molar-refractivity contribution >= 4 is 37.3 Å². The minimum Gasteiger partial charge on any atom is -0.497 e. The number of ether oxygens (including phenoxy) is 2. The van der Waals surface area contributed by atoms with Crippen LogP contribution in [-0.2, 0) is 27.6 Å². The van der Waals surface area contributed by atoms with Crippen LogP contribution in [0.5, 0.6) is 5.75 Å². The van der Waals surface area contributed by atoms with Crippen LogP contribution in [0.1, 0.15) is 36.8 Å². The molecule has 2 aliphatic heterocycles. The van der Waals surface area contributed by atoms with Crippen molar-refractivity contribution in [3.05, 3.63) is 117 Å². The Bertz CT molecular complexity index is 1810. The lowest BCUT2D eigenvalue weighted by Gasteiger charge is -2.31. The number of sulfonamides is 1. The maximum Gasteiger partial charge on any atom is 0.269 e. The highest BCUT2D eigenvalue weighted by molar-refractivity contribution is 7.93. The SMILES string of the molecule is O=[N+]([O-])c1ccc(OC2CCN(S(=O)(=O)C3=CCOC=C3)CC2)cc1.c1ccc2c(c1)ccc1c3c(ccc12)CCCC3. The number of nitro benzene ring substituents is 1. The maximum atomic E-state index is 12.6. The summed E-state index contributed by atoms with van der Waals surface area (Å²) in [5.74, 6) is 0.543. The lowest BCUT2D eigenvalue weighted by atomic mass is 9.86. The maximum absolute atomic E-state index is 12.6. The third-order valence-electron chi connectivity index (χ3n) is 8.36. The van der Waals surface area contributed by atoms with Crippen LogP contribution in [0.15, 0.2) is 96.1 Å². The molecule has 1 saturated heterocycles. The highest BCUT2D eigenvalue weighted by atomic mass is 32.2. The molecule has 3 aliphatic rings. The fourth-order valence-electron chi connectivity index (χ4n) is 6.08.